The Kier molecular flexibility index (Phi) is 7.44. The lowest BCUT2D eigenvalue weighted by atomic mass is 10.0. The van der Waals surface area contributed by atoms with Gasteiger partial charge in [0.25, 0.3) is 0 Å². The van der Waals surface area contributed by atoms with E-state index >= 15 is 0 Å². The van der Waals surface area contributed by atoms with E-state index in [1.165, 1.54) is 0 Å². The van der Waals surface area contributed by atoms with Crippen LogP contribution in [0.15, 0.2) is 17.5 Å². The topological polar surface area (TPSA) is 52.5 Å². The van der Waals surface area contributed by atoms with Gasteiger partial charge in [-0.3, -0.25) is 0 Å². The third kappa shape index (κ3) is 5.64. The van der Waals surface area contributed by atoms with E-state index in [1.54, 1.807) is 11.3 Å². The molecule has 4 heteroatoms. The number of aliphatic hydroxyl groups excluding tert-OH is 2. The average molecular weight is 257 g/mol. The first-order chi connectivity index (χ1) is 8.27. The van der Waals surface area contributed by atoms with E-state index in [4.69, 9.17) is 5.11 Å². The van der Waals surface area contributed by atoms with Crippen LogP contribution in [-0.2, 0) is 0 Å². The number of hydrogen-bond donors (Lipinski definition) is 3. The average Bonchev–Trinajstić information content (AvgIpc) is 2.83. The van der Waals surface area contributed by atoms with Crippen molar-refractivity contribution in [2.24, 2.45) is 5.92 Å². The fourth-order valence-corrected chi connectivity index (χ4v) is 2.66. The SMILES string of the molecule is CCCC(CCO)CNCC(O)c1cccs1. The van der Waals surface area contributed by atoms with Crippen molar-refractivity contribution in [3.8, 4) is 0 Å². The number of rotatable bonds is 9. The van der Waals surface area contributed by atoms with E-state index in [-0.39, 0.29) is 6.61 Å². The van der Waals surface area contributed by atoms with Crippen LogP contribution in [0, 0.1) is 5.92 Å². The van der Waals surface area contributed by atoms with Crippen molar-refractivity contribution < 1.29 is 10.2 Å². The minimum atomic E-state index is -0.411. The van der Waals surface area contributed by atoms with Crippen molar-refractivity contribution in [2.45, 2.75) is 32.3 Å². The smallest absolute Gasteiger partial charge is 0.101 e. The normalized spacial score (nSPS) is 14.8. The highest BCUT2D eigenvalue weighted by molar-refractivity contribution is 7.10. The van der Waals surface area contributed by atoms with Gasteiger partial charge in [0.2, 0.25) is 0 Å². The summed E-state index contributed by atoms with van der Waals surface area (Å²) in [6.07, 6.45) is 2.70. The van der Waals surface area contributed by atoms with Gasteiger partial charge in [0.05, 0.1) is 0 Å². The van der Waals surface area contributed by atoms with Gasteiger partial charge < -0.3 is 15.5 Å². The molecule has 0 spiro atoms. The highest BCUT2D eigenvalue weighted by atomic mass is 32.1. The molecule has 0 aromatic carbocycles. The van der Waals surface area contributed by atoms with Crippen molar-refractivity contribution in [2.75, 3.05) is 19.7 Å². The summed E-state index contributed by atoms with van der Waals surface area (Å²) in [7, 11) is 0. The fourth-order valence-electron chi connectivity index (χ4n) is 1.94. The predicted octanol–water partition coefficient (Wildman–Crippen LogP) is 2.17. The largest absolute Gasteiger partial charge is 0.396 e. The summed E-state index contributed by atoms with van der Waals surface area (Å²) >= 11 is 1.58. The first kappa shape index (κ1) is 14.6. The lowest BCUT2D eigenvalue weighted by Crippen LogP contribution is -2.27. The molecular formula is C13H23NO2S. The number of aliphatic hydroxyl groups is 2. The summed E-state index contributed by atoms with van der Waals surface area (Å²) in [5, 5.41) is 24.1. The van der Waals surface area contributed by atoms with Gasteiger partial charge in [-0.05, 0) is 36.8 Å². The summed E-state index contributed by atoms with van der Waals surface area (Å²) in [4.78, 5) is 1.01. The Balaban J connectivity index is 2.21. The zero-order valence-electron chi connectivity index (χ0n) is 10.4. The number of nitrogens with one attached hydrogen (secondary N) is 1. The monoisotopic (exact) mass is 257 g/mol. The van der Waals surface area contributed by atoms with E-state index in [1.807, 2.05) is 17.5 Å². The highest BCUT2D eigenvalue weighted by Gasteiger charge is 2.10. The van der Waals surface area contributed by atoms with Gasteiger partial charge in [0.15, 0.2) is 0 Å². The molecule has 98 valence electrons. The lowest BCUT2D eigenvalue weighted by Gasteiger charge is -2.17. The standard InChI is InChI=1S/C13H23NO2S/c1-2-4-11(6-7-15)9-14-10-12(16)13-5-3-8-17-13/h3,5,8,11-12,14-16H,2,4,6-7,9-10H2,1H3. The van der Waals surface area contributed by atoms with Crippen LogP contribution in [0.3, 0.4) is 0 Å². The Labute approximate surface area is 107 Å². The maximum absolute atomic E-state index is 9.88. The maximum atomic E-state index is 9.88. The van der Waals surface area contributed by atoms with E-state index < -0.39 is 6.10 Å². The molecule has 3 nitrogen and oxygen atoms in total. The van der Waals surface area contributed by atoms with Crippen LogP contribution in [0.25, 0.3) is 0 Å². The number of thiophene rings is 1. The Bertz CT molecular complexity index is 271. The van der Waals surface area contributed by atoms with Crippen LogP contribution < -0.4 is 5.32 Å². The molecule has 2 unspecified atom stereocenters. The molecule has 17 heavy (non-hydrogen) atoms. The van der Waals surface area contributed by atoms with Gasteiger partial charge in [-0.15, -0.1) is 11.3 Å². The van der Waals surface area contributed by atoms with E-state index in [9.17, 15) is 5.11 Å². The van der Waals surface area contributed by atoms with Crippen LogP contribution in [0.1, 0.15) is 37.2 Å². The molecule has 1 aromatic heterocycles. The number of hydrogen-bond acceptors (Lipinski definition) is 4. The van der Waals surface area contributed by atoms with Crippen LogP contribution in [0.4, 0.5) is 0 Å². The van der Waals surface area contributed by atoms with E-state index in [0.717, 1.165) is 30.7 Å². The second-order valence-corrected chi connectivity index (χ2v) is 5.34. The maximum Gasteiger partial charge on any atom is 0.101 e. The first-order valence-electron chi connectivity index (χ1n) is 6.31. The summed E-state index contributed by atoms with van der Waals surface area (Å²) in [6.45, 7) is 3.87. The second-order valence-electron chi connectivity index (χ2n) is 4.36. The lowest BCUT2D eigenvalue weighted by molar-refractivity contribution is 0.173. The van der Waals surface area contributed by atoms with Crippen molar-refractivity contribution >= 4 is 11.3 Å². The third-order valence-electron chi connectivity index (χ3n) is 2.88. The minimum absolute atomic E-state index is 0.250. The second kappa shape index (κ2) is 8.64. The minimum Gasteiger partial charge on any atom is -0.396 e. The van der Waals surface area contributed by atoms with Crippen molar-refractivity contribution in [3.63, 3.8) is 0 Å². The summed E-state index contributed by atoms with van der Waals surface area (Å²) in [5.74, 6) is 0.514. The molecule has 0 saturated carbocycles. The molecule has 0 aliphatic carbocycles. The molecular weight excluding hydrogens is 234 g/mol. The molecule has 0 aliphatic rings. The Morgan fingerprint density at radius 1 is 1.35 bits per heavy atom. The molecule has 1 heterocycles. The van der Waals surface area contributed by atoms with Crippen LogP contribution >= 0.6 is 11.3 Å². The molecule has 0 amide bonds. The third-order valence-corrected chi connectivity index (χ3v) is 3.85. The summed E-state index contributed by atoms with van der Waals surface area (Å²) in [6, 6.07) is 3.91. The molecule has 0 bridgehead atoms. The van der Waals surface area contributed by atoms with Gasteiger partial charge in [-0.1, -0.05) is 19.4 Å². The van der Waals surface area contributed by atoms with Gasteiger partial charge in [0.1, 0.15) is 6.10 Å². The van der Waals surface area contributed by atoms with E-state index in [2.05, 4.69) is 12.2 Å². The summed E-state index contributed by atoms with van der Waals surface area (Å²) < 4.78 is 0. The quantitative estimate of drug-likeness (QED) is 0.635. The van der Waals surface area contributed by atoms with Gasteiger partial charge in [-0.25, -0.2) is 0 Å². The fraction of sp³-hybridized carbons (Fsp3) is 0.692. The first-order valence-corrected chi connectivity index (χ1v) is 7.19. The Morgan fingerprint density at radius 2 is 2.18 bits per heavy atom. The van der Waals surface area contributed by atoms with Crippen molar-refractivity contribution in [3.05, 3.63) is 22.4 Å². The molecule has 0 radical (unpaired) electrons. The van der Waals surface area contributed by atoms with Gasteiger partial charge in [0, 0.05) is 18.0 Å². The van der Waals surface area contributed by atoms with Crippen LogP contribution in [0.5, 0.6) is 0 Å². The van der Waals surface area contributed by atoms with Crippen LogP contribution in [-0.4, -0.2) is 29.9 Å². The molecule has 2 atom stereocenters. The zero-order valence-corrected chi connectivity index (χ0v) is 11.2. The van der Waals surface area contributed by atoms with Gasteiger partial charge in [-0.2, -0.15) is 0 Å². The molecule has 1 rings (SSSR count). The highest BCUT2D eigenvalue weighted by Crippen LogP contribution is 2.18. The van der Waals surface area contributed by atoms with Crippen LogP contribution in [0.2, 0.25) is 0 Å². The van der Waals surface area contributed by atoms with Crippen molar-refractivity contribution in [1.82, 2.24) is 5.32 Å². The van der Waals surface area contributed by atoms with Crippen molar-refractivity contribution in [1.29, 1.82) is 0 Å². The Morgan fingerprint density at radius 3 is 2.76 bits per heavy atom. The zero-order chi connectivity index (χ0) is 12.5. The van der Waals surface area contributed by atoms with E-state index in [0.29, 0.717) is 12.5 Å². The summed E-state index contributed by atoms with van der Waals surface area (Å²) in [5.41, 5.74) is 0. The molecule has 1 aromatic rings. The van der Waals surface area contributed by atoms with Gasteiger partial charge >= 0.3 is 0 Å². The predicted molar refractivity (Wildman–Crippen MR) is 72.2 cm³/mol. The molecule has 0 fully saturated rings. The molecule has 0 saturated heterocycles. The Hall–Kier alpha value is -0.420. The molecule has 0 aliphatic heterocycles. The molecule has 3 N–H and O–H groups in total.